The lowest BCUT2D eigenvalue weighted by Gasteiger charge is -2.19. The van der Waals surface area contributed by atoms with Gasteiger partial charge in [0.05, 0.1) is 12.2 Å². The molecule has 1 aromatic rings. The Morgan fingerprint density at radius 2 is 2.00 bits per heavy atom. The molecule has 0 saturated carbocycles. The van der Waals surface area contributed by atoms with Gasteiger partial charge in [-0.1, -0.05) is 0 Å². The van der Waals surface area contributed by atoms with Gasteiger partial charge in [-0.2, -0.15) is 5.10 Å². The summed E-state index contributed by atoms with van der Waals surface area (Å²) in [4.78, 5) is 15.3. The lowest BCUT2D eigenvalue weighted by molar-refractivity contribution is -0.129. The maximum absolute atomic E-state index is 11.7. The van der Waals surface area contributed by atoms with E-state index in [9.17, 15) is 4.79 Å². The minimum atomic E-state index is 0.106. The highest BCUT2D eigenvalue weighted by atomic mass is 16.2. The monoisotopic (exact) mass is 267 g/mol. The van der Waals surface area contributed by atoms with Gasteiger partial charge in [-0.3, -0.25) is 14.4 Å². The number of rotatable bonds is 6. The van der Waals surface area contributed by atoms with Gasteiger partial charge in [-0.15, -0.1) is 0 Å². The van der Waals surface area contributed by atoms with Crippen LogP contribution in [0.4, 0.5) is 5.82 Å². The lowest BCUT2D eigenvalue weighted by Crippen LogP contribution is -2.34. The molecule has 0 spiro atoms. The molecule has 0 aliphatic carbocycles. The second-order valence-electron chi connectivity index (χ2n) is 5.03. The number of anilines is 1. The van der Waals surface area contributed by atoms with E-state index in [1.807, 2.05) is 30.6 Å². The Hall–Kier alpha value is -1.56. The van der Waals surface area contributed by atoms with Gasteiger partial charge in [0.25, 0.3) is 0 Å². The maximum atomic E-state index is 11.7. The van der Waals surface area contributed by atoms with Crippen molar-refractivity contribution in [1.29, 1.82) is 0 Å². The van der Waals surface area contributed by atoms with Crippen LogP contribution in [0.15, 0.2) is 0 Å². The van der Waals surface area contributed by atoms with Crippen molar-refractivity contribution in [2.75, 3.05) is 39.5 Å². The molecule has 1 amide bonds. The summed E-state index contributed by atoms with van der Waals surface area (Å²) >= 11 is 0. The Morgan fingerprint density at radius 3 is 2.53 bits per heavy atom. The van der Waals surface area contributed by atoms with Crippen LogP contribution in [0, 0.1) is 6.92 Å². The second kappa shape index (κ2) is 6.56. The Labute approximate surface area is 115 Å². The Kier molecular flexibility index (Phi) is 5.35. The summed E-state index contributed by atoms with van der Waals surface area (Å²) in [6.45, 7) is 6.03. The smallest absolute Gasteiger partial charge is 0.236 e. The molecular weight excluding hydrogens is 242 g/mol. The summed E-state index contributed by atoms with van der Waals surface area (Å²) in [6, 6.07) is 0. The molecule has 0 fully saturated rings. The first-order chi connectivity index (χ1) is 8.86. The van der Waals surface area contributed by atoms with Crippen molar-refractivity contribution in [2.24, 2.45) is 7.05 Å². The third kappa shape index (κ3) is 3.96. The van der Waals surface area contributed by atoms with E-state index in [2.05, 4.69) is 17.3 Å². The van der Waals surface area contributed by atoms with Crippen LogP contribution >= 0.6 is 0 Å². The van der Waals surface area contributed by atoms with Crippen LogP contribution in [0.3, 0.4) is 0 Å². The minimum absolute atomic E-state index is 0.106. The zero-order chi connectivity index (χ0) is 14.6. The maximum Gasteiger partial charge on any atom is 0.236 e. The van der Waals surface area contributed by atoms with E-state index in [0.29, 0.717) is 13.1 Å². The highest BCUT2D eigenvalue weighted by Gasteiger charge is 2.16. The first-order valence-electron chi connectivity index (χ1n) is 6.51. The van der Waals surface area contributed by atoms with Crippen molar-refractivity contribution in [3.8, 4) is 0 Å². The number of nitrogens with one attached hydrogen (secondary N) is 1. The van der Waals surface area contributed by atoms with E-state index < -0.39 is 0 Å². The third-order valence-electron chi connectivity index (χ3n) is 3.02. The fourth-order valence-electron chi connectivity index (χ4n) is 1.98. The predicted octanol–water partition coefficient (Wildman–Crippen LogP) is 0.680. The zero-order valence-corrected chi connectivity index (χ0v) is 12.8. The Balaban J connectivity index is 2.78. The third-order valence-corrected chi connectivity index (χ3v) is 3.02. The molecule has 0 aromatic carbocycles. The number of hydrogen-bond acceptors (Lipinski definition) is 4. The fraction of sp³-hybridized carbons (Fsp3) is 0.692. The van der Waals surface area contributed by atoms with Crippen molar-refractivity contribution in [3.05, 3.63) is 11.3 Å². The number of nitrogens with zero attached hydrogens (tertiary/aromatic N) is 4. The van der Waals surface area contributed by atoms with Crippen LogP contribution in [0.5, 0.6) is 0 Å². The van der Waals surface area contributed by atoms with Crippen LogP contribution in [-0.4, -0.2) is 59.7 Å². The van der Waals surface area contributed by atoms with Crippen molar-refractivity contribution < 1.29 is 4.79 Å². The van der Waals surface area contributed by atoms with Gasteiger partial charge >= 0.3 is 0 Å². The highest BCUT2D eigenvalue weighted by molar-refractivity contribution is 5.77. The summed E-state index contributed by atoms with van der Waals surface area (Å²) in [6.07, 6.45) is 0. The van der Waals surface area contributed by atoms with E-state index in [1.165, 1.54) is 0 Å². The number of likely N-dealkylation sites (N-methyl/N-ethyl adjacent to an activating group) is 2. The standard InChI is InChI=1S/C13H25N5O/c1-7-14-13-11(10(2)15-18(13)6)8-17(5)9-12(19)16(3)4/h14H,7-9H2,1-6H3. The molecule has 6 nitrogen and oxygen atoms in total. The van der Waals surface area contributed by atoms with E-state index in [1.54, 1.807) is 19.0 Å². The van der Waals surface area contributed by atoms with Crippen molar-refractivity contribution in [3.63, 3.8) is 0 Å². The van der Waals surface area contributed by atoms with E-state index in [0.717, 1.165) is 23.6 Å². The minimum Gasteiger partial charge on any atom is -0.370 e. The Morgan fingerprint density at radius 1 is 1.37 bits per heavy atom. The summed E-state index contributed by atoms with van der Waals surface area (Å²) < 4.78 is 1.86. The molecule has 0 atom stereocenters. The number of aromatic nitrogens is 2. The molecule has 0 aliphatic rings. The first-order valence-corrected chi connectivity index (χ1v) is 6.51. The number of amides is 1. The van der Waals surface area contributed by atoms with E-state index in [-0.39, 0.29) is 5.91 Å². The van der Waals surface area contributed by atoms with Crippen LogP contribution in [0.2, 0.25) is 0 Å². The van der Waals surface area contributed by atoms with Crippen LogP contribution in [0.1, 0.15) is 18.2 Å². The summed E-state index contributed by atoms with van der Waals surface area (Å²) in [7, 11) is 7.42. The summed E-state index contributed by atoms with van der Waals surface area (Å²) in [5, 5.41) is 7.75. The topological polar surface area (TPSA) is 53.4 Å². The molecule has 0 unspecified atom stereocenters. The number of carbonyl (C=O) groups is 1. The molecule has 0 radical (unpaired) electrons. The quantitative estimate of drug-likeness (QED) is 0.823. The van der Waals surface area contributed by atoms with Gasteiger partial charge in [0.15, 0.2) is 0 Å². The van der Waals surface area contributed by atoms with Gasteiger partial charge in [-0.05, 0) is 20.9 Å². The molecule has 108 valence electrons. The molecule has 0 bridgehead atoms. The second-order valence-corrected chi connectivity index (χ2v) is 5.03. The fourth-order valence-corrected chi connectivity index (χ4v) is 1.98. The van der Waals surface area contributed by atoms with Crippen molar-refractivity contribution >= 4 is 11.7 Å². The van der Waals surface area contributed by atoms with Gasteiger partial charge in [0.2, 0.25) is 5.91 Å². The largest absolute Gasteiger partial charge is 0.370 e. The molecule has 1 aromatic heterocycles. The predicted molar refractivity (Wildman–Crippen MR) is 77.1 cm³/mol. The molecule has 1 N–H and O–H groups in total. The van der Waals surface area contributed by atoms with Crippen molar-refractivity contribution in [1.82, 2.24) is 19.6 Å². The number of hydrogen-bond donors (Lipinski definition) is 1. The normalized spacial score (nSPS) is 10.9. The SMILES string of the molecule is CCNc1c(CN(C)CC(=O)N(C)C)c(C)nn1C. The van der Waals surface area contributed by atoms with Crippen molar-refractivity contribution in [2.45, 2.75) is 20.4 Å². The molecule has 6 heteroatoms. The zero-order valence-electron chi connectivity index (χ0n) is 12.8. The highest BCUT2D eigenvalue weighted by Crippen LogP contribution is 2.20. The molecule has 1 rings (SSSR count). The van der Waals surface area contributed by atoms with Gasteiger partial charge in [0.1, 0.15) is 5.82 Å². The first kappa shape index (κ1) is 15.5. The molecule has 0 saturated heterocycles. The van der Waals surface area contributed by atoms with Gasteiger partial charge in [-0.25, -0.2) is 0 Å². The molecule has 0 aliphatic heterocycles. The van der Waals surface area contributed by atoms with E-state index >= 15 is 0 Å². The number of carbonyl (C=O) groups excluding carboxylic acids is 1. The summed E-state index contributed by atoms with van der Waals surface area (Å²) in [5.41, 5.74) is 2.15. The van der Waals surface area contributed by atoms with Gasteiger partial charge in [0, 0.05) is 39.8 Å². The lowest BCUT2D eigenvalue weighted by atomic mass is 10.2. The number of aryl methyl sites for hydroxylation is 2. The van der Waals surface area contributed by atoms with Crippen LogP contribution in [-0.2, 0) is 18.4 Å². The molecule has 19 heavy (non-hydrogen) atoms. The van der Waals surface area contributed by atoms with Crippen LogP contribution in [0.25, 0.3) is 0 Å². The Bertz CT molecular complexity index is 438. The average molecular weight is 267 g/mol. The van der Waals surface area contributed by atoms with Gasteiger partial charge < -0.3 is 10.2 Å². The van der Waals surface area contributed by atoms with E-state index in [4.69, 9.17) is 0 Å². The average Bonchev–Trinajstić information content (AvgIpc) is 2.56. The summed E-state index contributed by atoms with van der Waals surface area (Å²) in [5.74, 6) is 1.14. The molecule has 1 heterocycles. The van der Waals surface area contributed by atoms with Crippen LogP contribution < -0.4 is 5.32 Å². The molecular formula is C13H25N5O.